The van der Waals surface area contributed by atoms with E-state index in [-0.39, 0.29) is 23.8 Å². The van der Waals surface area contributed by atoms with E-state index >= 15 is 0 Å². The zero-order valence-corrected chi connectivity index (χ0v) is 15.7. The first-order valence-corrected chi connectivity index (χ1v) is 8.93. The third-order valence-corrected chi connectivity index (χ3v) is 4.70. The number of carbonyl (C=O) groups excluding carboxylic acids is 1. The van der Waals surface area contributed by atoms with E-state index in [0.717, 1.165) is 9.15 Å². The largest absolute Gasteiger partial charge is 0.410 e. The van der Waals surface area contributed by atoms with Crippen LogP contribution in [0.2, 0.25) is 0 Å². The molecule has 26 heavy (non-hydrogen) atoms. The quantitative estimate of drug-likeness (QED) is 0.756. The first-order chi connectivity index (χ1) is 12.2. The van der Waals surface area contributed by atoms with Gasteiger partial charge in [-0.3, -0.25) is 4.79 Å². The van der Waals surface area contributed by atoms with E-state index in [1.165, 1.54) is 6.20 Å². The van der Waals surface area contributed by atoms with Crippen LogP contribution in [0.5, 0.6) is 0 Å². The molecular weight excluding hydrogens is 413 g/mol. The Bertz CT molecular complexity index is 801. The average Bonchev–Trinajstić information content (AvgIpc) is 2.97. The maximum Gasteiger partial charge on any atom is 0.410 e. The number of carbonyl (C=O) groups is 1. The summed E-state index contributed by atoms with van der Waals surface area (Å²) in [6.07, 6.45) is -3.49. The number of hydrogen-bond acceptors (Lipinski definition) is 3. The van der Waals surface area contributed by atoms with Crippen molar-refractivity contribution in [3.05, 3.63) is 46.1 Å². The van der Waals surface area contributed by atoms with Crippen LogP contribution in [0.15, 0.2) is 34.9 Å². The van der Waals surface area contributed by atoms with Gasteiger partial charge >= 0.3 is 6.18 Å². The predicted octanol–water partition coefficient (Wildman–Crippen LogP) is 4.44. The summed E-state index contributed by atoms with van der Waals surface area (Å²) in [6, 6.07) is 4.56. The summed E-state index contributed by atoms with van der Waals surface area (Å²) in [5.74, 6) is -0.365. The molecule has 0 fully saturated rings. The molecule has 1 aliphatic rings. The highest BCUT2D eigenvalue weighted by molar-refractivity contribution is 9.10. The van der Waals surface area contributed by atoms with E-state index in [2.05, 4.69) is 31.7 Å². The third kappa shape index (κ3) is 3.72. The third-order valence-electron chi connectivity index (χ3n) is 4.18. The summed E-state index contributed by atoms with van der Waals surface area (Å²) >= 11 is 3.32. The molecule has 0 saturated carbocycles. The standard InChI is InChI=1S/C17H18BrF3N4O/c1-9(2)23-16(26)12-8-22-25-14(17(19,20)21)7-13(24-15(12)25)10-3-5-11(18)6-4-10/h3-6,8-9,13-14,24H,7H2,1-2H3,(H,23,26)/t13-,14+/m0/s1. The summed E-state index contributed by atoms with van der Waals surface area (Å²) in [5.41, 5.74) is 0.819. The highest BCUT2D eigenvalue weighted by Crippen LogP contribution is 2.44. The van der Waals surface area contributed by atoms with Crippen molar-refractivity contribution in [1.82, 2.24) is 15.1 Å². The van der Waals surface area contributed by atoms with Gasteiger partial charge in [0, 0.05) is 16.9 Å². The van der Waals surface area contributed by atoms with Gasteiger partial charge in [0.1, 0.15) is 11.4 Å². The van der Waals surface area contributed by atoms with Gasteiger partial charge in [-0.15, -0.1) is 0 Å². The Morgan fingerprint density at radius 2 is 2.00 bits per heavy atom. The number of anilines is 1. The Morgan fingerprint density at radius 1 is 1.35 bits per heavy atom. The minimum Gasteiger partial charge on any atom is -0.363 e. The van der Waals surface area contributed by atoms with E-state index < -0.39 is 24.2 Å². The van der Waals surface area contributed by atoms with Gasteiger partial charge in [-0.2, -0.15) is 18.3 Å². The molecular formula is C17H18BrF3N4O. The molecule has 1 amide bonds. The van der Waals surface area contributed by atoms with Gasteiger partial charge in [-0.05, 0) is 31.5 Å². The molecule has 0 unspecified atom stereocenters. The van der Waals surface area contributed by atoms with E-state index in [1.54, 1.807) is 38.1 Å². The molecule has 2 heterocycles. The lowest BCUT2D eigenvalue weighted by Gasteiger charge is -2.34. The van der Waals surface area contributed by atoms with Crippen molar-refractivity contribution >= 4 is 27.7 Å². The number of nitrogens with one attached hydrogen (secondary N) is 2. The maximum atomic E-state index is 13.6. The molecule has 0 aliphatic carbocycles. The van der Waals surface area contributed by atoms with Crippen LogP contribution in [0, 0.1) is 0 Å². The Labute approximate surface area is 157 Å². The highest BCUT2D eigenvalue weighted by atomic mass is 79.9. The molecule has 2 N–H and O–H groups in total. The van der Waals surface area contributed by atoms with Crippen LogP contribution < -0.4 is 10.6 Å². The fourth-order valence-electron chi connectivity index (χ4n) is 2.98. The molecule has 3 rings (SSSR count). The number of fused-ring (bicyclic) bond motifs is 1. The van der Waals surface area contributed by atoms with Crippen molar-refractivity contribution in [2.24, 2.45) is 0 Å². The number of hydrogen-bond donors (Lipinski definition) is 2. The first kappa shape index (κ1) is 18.8. The molecule has 140 valence electrons. The minimum absolute atomic E-state index is 0.0876. The van der Waals surface area contributed by atoms with Crippen molar-refractivity contribution < 1.29 is 18.0 Å². The smallest absolute Gasteiger partial charge is 0.363 e. The summed E-state index contributed by atoms with van der Waals surface area (Å²) in [4.78, 5) is 12.3. The Morgan fingerprint density at radius 3 is 2.58 bits per heavy atom. The van der Waals surface area contributed by atoms with Crippen molar-refractivity contribution in [2.75, 3.05) is 5.32 Å². The minimum atomic E-state index is -4.47. The zero-order chi connectivity index (χ0) is 19.1. The number of aromatic nitrogens is 2. The van der Waals surface area contributed by atoms with E-state index in [1.807, 2.05) is 0 Å². The Hall–Kier alpha value is -2.03. The van der Waals surface area contributed by atoms with Crippen LogP contribution in [0.25, 0.3) is 0 Å². The predicted molar refractivity (Wildman–Crippen MR) is 95.0 cm³/mol. The second kappa shape index (κ2) is 6.94. The second-order valence-corrected chi connectivity index (χ2v) is 7.44. The van der Waals surface area contributed by atoms with Crippen molar-refractivity contribution in [1.29, 1.82) is 0 Å². The summed E-state index contributed by atoms with van der Waals surface area (Å²) < 4.78 is 42.5. The number of amides is 1. The fraction of sp³-hybridized carbons (Fsp3) is 0.412. The molecule has 9 heteroatoms. The molecule has 0 saturated heterocycles. The Kier molecular flexibility index (Phi) is 5.01. The molecule has 0 radical (unpaired) electrons. The maximum absolute atomic E-state index is 13.6. The number of alkyl halides is 3. The molecule has 2 aromatic rings. The highest BCUT2D eigenvalue weighted by Gasteiger charge is 2.47. The molecule has 1 aliphatic heterocycles. The van der Waals surface area contributed by atoms with Gasteiger partial charge in [0.25, 0.3) is 5.91 Å². The van der Waals surface area contributed by atoms with Gasteiger partial charge in [-0.25, -0.2) is 4.68 Å². The number of halogens is 4. The van der Waals surface area contributed by atoms with Crippen molar-refractivity contribution in [2.45, 2.75) is 44.6 Å². The SMILES string of the molecule is CC(C)NC(=O)c1cnn2c1N[C@H](c1ccc(Br)cc1)C[C@@H]2C(F)(F)F. The van der Waals surface area contributed by atoms with Gasteiger partial charge < -0.3 is 10.6 Å². The molecule has 5 nitrogen and oxygen atoms in total. The van der Waals surface area contributed by atoms with Crippen LogP contribution >= 0.6 is 15.9 Å². The number of benzene rings is 1. The molecule has 0 bridgehead atoms. The molecule has 1 aromatic carbocycles. The van der Waals surface area contributed by atoms with Crippen LogP contribution in [0.4, 0.5) is 19.0 Å². The molecule has 2 atom stereocenters. The lowest BCUT2D eigenvalue weighted by atomic mass is 9.96. The van der Waals surface area contributed by atoms with Crippen LogP contribution in [0.1, 0.15) is 48.3 Å². The first-order valence-electron chi connectivity index (χ1n) is 8.14. The lowest BCUT2D eigenvalue weighted by Crippen LogP contribution is -2.37. The zero-order valence-electron chi connectivity index (χ0n) is 14.1. The van der Waals surface area contributed by atoms with Gasteiger partial charge in [0.2, 0.25) is 0 Å². The molecule has 0 spiro atoms. The average molecular weight is 431 g/mol. The number of rotatable bonds is 3. The summed E-state index contributed by atoms with van der Waals surface area (Å²) in [5, 5.41) is 9.59. The topological polar surface area (TPSA) is 59.0 Å². The van der Waals surface area contributed by atoms with Crippen molar-refractivity contribution in [3.63, 3.8) is 0 Å². The monoisotopic (exact) mass is 430 g/mol. The second-order valence-electron chi connectivity index (χ2n) is 6.52. The van der Waals surface area contributed by atoms with Crippen LogP contribution in [-0.2, 0) is 0 Å². The Balaban J connectivity index is 2.01. The summed E-state index contributed by atoms with van der Waals surface area (Å²) in [7, 11) is 0. The van der Waals surface area contributed by atoms with Crippen LogP contribution in [-0.4, -0.2) is 27.9 Å². The normalized spacial score (nSPS) is 19.8. The lowest BCUT2D eigenvalue weighted by molar-refractivity contribution is -0.173. The van der Waals surface area contributed by atoms with Gasteiger partial charge in [-0.1, -0.05) is 28.1 Å². The van der Waals surface area contributed by atoms with Crippen molar-refractivity contribution in [3.8, 4) is 0 Å². The summed E-state index contributed by atoms with van der Waals surface area (Å²) in [6.45, 7) is 3.56. The van der Waals surface area contributed by atoms with E-state index in [4.69, 9.17) is 0 Å². The van der Waals surface area contributed by atoms with Crippen LogP contribution in [0.3, 0.4) is 0 Å². The number of nitrogens with zero attached hydrogens (tertiary/aromatic N) is 2. The van der Waals surface area contributed by atoms with E-state index in [9.17, 15) is 18.0 Å². The molecule has 1 aromatic heterocycles. The van der Waals surface area contributed by atoms with Gasteiger partial charge in [0.15, 0.2) is 6.04 Å². The fourth-order valence-corrected chi connectivity index (χ4v) is 3.25. The van der Waals surface area contributed by atoms with Gasteiger partial charge in [0.05, 0.1) is 12.2 Å². The van der Waals surface area contributed by atoms with E-state index in [0.29, 0.717) is 5.56 Å².